The van der Waals surface area contributed by atoms with Crippen LogP contribution in [0.4, 0.5) is 4.79 Å². The van der Waals surface area contributed by atoms with Crippen molar-refractivity contribution in [2.45, 2.75) is 34.2 Å². The lowest BCUT2D eigenvalue weighted by Gasteiger charge is -2.17. The average molecular weight is 374 g/mol. The summed E-state index contributed by atoms with van der Waals surface area (Å²) in [6, 6.07) is 5.11. The molecule has 0 saturated carbocycles. The zero-order valence-corrected chi connectivity index (χ0v) is 15.9. The molecule has 2 aromatic rings. The SMILES string of the molecule is Cc1ccc2cc(CN3C(=O)C(=O)N(CC(C)C)C3=O)c(Cl)nc2c1C. The van der Waals surface area contributed by atoms with Crippen molar-refractivity contribution in [1.82, 2.24) is 14.8 Å². The number of pyridine rings is 1. The minimum atomic E-state index is -0.827. The molecule has 1 aliphatic heterocycles. The van der Waals surface area contributed by atoms with Crippen LogP contribution >= 0.6 is 11.6 Å². The maximum absolute atomic E-state index is 12.5. The number of aromatic nitrogens is 1. The van der Waals surface area contributed by atoms with E-state index >= 15 is 0 Å². The molecule has 0 aliphatic carbocycles. The van der Waals surface area contributed by atoms with Crippen LogP contribution in [0.5, 0.6) is 0 Å². The fraction of sp³-hybridized carbons (Fsp3) is 0.368. The van der Waals surface area contributed by atoms with Crippen LogP contribution in [0.25, 0.3) is 10.9 Å². The number of imide groups is 2. The van der Waals surface area contributed by atoms with Gasteiger partial charge in [0.2, 0.25) is 0 Å². The maximum atomic E-state index is 12.5. The number of aryl methyl sites for hydroxylation is 2. The predicted molar refractivity (Wildman–Crippen MR) is 98.7 cm³/mol. The summed E-state index contributed by atoms with van der Waals surface area (Å²) in [6.07, 6.45) is 0. The van der Waals surface area contributed by atoms with Gasteiger partial charge in [-0.1, -0.05) is 37.6 Å². The molecule has 1 aliphatic rings. The third kappa shape index (κ3) is 3.05. The molecule has 2 heterocycles. The third-order valence-electron chi connectivity index (χ3n) is 4.55. The lowest BCUT2D eigenvalue weighted by Crippen LogP contribution is -2.35. The van der Waals surface area contributed by atoms with E-state index in [1.54, 1.807) is 0 Å². The van der Waals surface area contributed by atoms with Gasteiger partial charge in [0.15, 0.2) is 0 Å². The summed E-state index contributed by atoms with van der Waals surface area (Å²) in [5.41, 5.74) is 3.45. The van der Waals surface area contributed by atoms with Gasteiger partial charge in [0.1, 0.15) is 5.15 Å². The van der Waals surface area contributed by atoms with Gasteiger partial charge < -0.3 is 0 Å². The molecule has 136 valence electrons. The van der Waals surface area contributed by atoms with E-state index in [9.17, 15) is 14.4 Å². The molecule has 26 heavy (non-hydrogen) atoms. The molecule has 1 saturated heterocycles. The van der Waals surface area contributed by atoms with Crippen molar-refractivity contribution < 1.29 is 14.4 Å². The molecule has 0 radical (unpaired) electrons. The van der Waals surface area contributed by atoms with Crippen molar-refractivity contribution >= 4 is 40.3 Å². The van der Waals surface area contributed by atoms with Crippen molar-refractivity contribution in [2.24, 2.45) is 5.92 Å². The van der Waals surface area contributed by atoms with Gasteiger partial charge in [-0.15, -0.1) is 0 Å². The summed E-state index contributed by atoms with van der Waals surface area (Å²) in [7, 11) is 0. The topological polar surface area (TPSA) is 70.6 Å². The van der Waals surface area contributed by atoms with E-state index in [1.165, 1.54) is 0 Å². The van der Waals surface area contributed by atoms with Crippen molar-refractivity contribution in [3.05, 3.63) is 40.0 Å². The standard InChI is InChI=1S/C19H20ClN3O3/c1-10(2)8-22-17(24)18(25)23(19(22)26)9-14-7-13-6-5-11(3)12(4)15(13)21-16(14)20/h5-7,10H,8-9H2,1-4H3. The fourth-order valence-corrected chi connectivity index (χ4v) is 3.20. The normalized spacial score (nSPS) is 15.1. The van der Waals surface area contributed by atoms with Crippen molar-refractivity contribution in [2.75, 3.05) is 6.54 Å². The lowest BCUT2D eigenvalue weighted by atomic mass is 10.0. The predicted octanol–water partition coefficient (Wildman–Crippen LogP) is 3.45. The first-order valence-corrected chi connectivity index (χ1v) is 8.81. The maximum Gasteiger partial charge on any atom is 0.334 e. The van der Waals surface area contributed by atoms with E-state index in [2.05, 4.69) is 4.98 Å². The number of fused-ring (bicyclic) bond motifs is 1. The third-order valence-corrected chi connectivity index (χ3v) is 4.88. The summed E-state index contributed by atoms with van der Waals surface area (Å²) in [6.45, 7) is 7.85. The molecular weight excluding hydrogens is 354 g/mol. The number of nitrogens with zero attached hydrogens (tertiary/aromatic N) is 3. The number of benzene rings is 1. The first-order valence-electron chi connectivity index (χ1n) is 8.43. The number of hydrogen-bond donors (Lipinski definition) is 0. The summed E-state index contributed by atoms with van der Waals surface area (Å²) in [5.74, 6) is -1.54. The zero-order valence-electron chi connectivity index (χ0n) is 15.2. The van der Waals surface area contributed by atoms with Gasteiger partial charge >= 0.3 is 17.8 Å². The minimum Gasteiger partial charge on any atom is -0.263 e. The Morgan fingerprint density at radius 3 is 2.38 bits per heavy atom. The molecule has 0 atom stereocenters. The van der Waals surface area contributed by atoms with E-state index < -0.39 is 17.8 Å². The smallest absolute Gasteiger partial charge is 0.263 e. The number of urea groups is 1. The summed E-state index contributed by atoms with van der Waals surface area (Å²) in [5, 5.41) is 1.10. The number of hydrogen-bond acceptors (Lipinski definition) is 4. The van der Waals surface area contributed by atoms with Crippen LogP contribution in [-0.2, 0) is 16.1 Å². The van der Waals surface area contributed by atoms with Crippen LogP contribution in [-0.4, -0.2) is 39.2 Å². The Hall–Kier alpha value is -2.47. The van der Waals surface area contributed by atoms with Gasteiger partial charge in [-0.25, -0.2) is 9.78 Å². The van der Waals surface area contributed by atoms with Gasteiger partial charge in [0.25, 0.3) is 0 Å². The molecule has 1 fully saturated rings. The monoisotopic (exact) mass is 373 g/mol. The second-order valence-electron chi connectivity index (χ2n) is 7.00. The minimum absolute atomic E-state index is 0.0767. The highest BCUT2D eigenvalue weighted by molar-refractivity contribution is 6.44. The first kappa shape index (κ1) is 18.3. The molecular formula is C19H20ClN3O3. The molecule has 0 bridgehead atoms. The number of rotatable bonds is 4. The van der Waals surface area contributed by atoms with Crippen LogP contribution in [0.3, 0.4) is 0 Å². The lowest BCUT2D eigenvalue weighted by molar-refractivity contribution is -0.143. The van der Waals surface area contributed by atoms with E-state index in [1.807, 2.05) is 45.9 Å². The molecule has 3 rings (SSSR count). The van der Waals surface area contributed by atoms with Gasteiger partial charge in [-0.05, 0) is 37.0 Å². The van der Waals surface area contributed by atoms with Crippen LogP contribution in [0, 0.1) is 19.8 Å². The number of halogens is 1. The first-order chi connectivity index (χ1) is 12.2. The summed E-state index contributed by atoms with van der Waals surface area (Å²) >= 11 is 6.30. The molecule has 0 spiro atoms. The number of carbonyl (C=O) groups is 3. The number of carbonyl (C=O) groups excluding carboxylic acids is 3. The van der Waals surface area contributed by atoms with Crippen molar-refractivity contribution in [3.8, 4) is 0 Å². The van der Waals surface area contributed by atoms with Crippen LogP contribution in [0.15, 0.2) is 18.2 Å². The van der Waals surface area contributed by atoms with Crippen LogP contribution in [0.2, 0.25) is 5.15 Å². The highest BCUT2D eigenvalue weighted by Crippen LogP contribution is 2.27. The quantitative estimate of drug-likeness (QED) is 0.467. The molecule has 6 nitrogen and oxygen atoms in total. The van der Waals surface area contributed by atoms with Gasteiger partial charge in [0.05, 0.1) is 12.1 Å². The number of amides is 4. The Labute approximate surface area is 156 Å². The Morgan fingerprint density at radius 1 is 1.08 bits per heavy atom. The summed E-state index contributed by atoms with van der Waals surface area (Å²) < 4.78 is 0. The van der Waals surface area contributed by atoms with Crippen molar-refractivity contribution in [3.63, 3.8) is 0 Å². The second kappa shape index (κ2) is 6.68. The van der Waals surface area contributed by atoms with E-state index in [0.29, 0.717) is 5.56 Å². The van der Waals surface area contributed by atoms with Crippen LogP contribution in [0.1, 0.15) is 30.5 Å². The Bertz CT molecular complexity index is 939. The summed E-state index contributed by atoms with van der Waals surface area (Å²) in [4.78, 5) is 43.2. The average Bonchev–Trinajstić information content (AvgIpc) is 2.77. The van der Waals surface area contributed by atoms with E-state index in [4.69, 9.17) is 11.6 Å². The molecule has 1 aromatic carbocycles. The Morgan fingerprint density at radius 2 is 1.73 bits per heavy atom. The Kier molecular flexibility index (Phi) is 4.71. The second-order valence-corrected chi connectivity index (χ2v) is 7.36. The van der Waals surface area contributed by atoms with E-state index in [0.717, 1.165) is 31.8 Å². The highest BCUT2D eigenvalue weighted by Gasteiger charge is 2.44. The van der Waals surface area contributed by atoms with E-state index in [-0.39, 0.29) is 24.2 Å². The zero-order chi connectivity index (χ0) is 19.2. The van der Waals surface area contributed by atoms with Crippen LogP contribution < -0.4 is 0 Å². The molecule has 7 heteroatoms. The molecule has 4 amide bonds. The van der Waals surface area contributed by atoms with Gasteiger partial charge in [-0.2, -0.15) is 0 Å². The highest BCUT2D eigenvalue weighted by atomic mass is 35.5. The molecule has 1 aromatic heterocycles. The molecule has 0 unspecified atom stereocenters. The largest absolute Gasteiger partial charge is 0.334 e. The fourth-order valence-electron chi connectivity index (χ4n) is 3.00. The van der Waals surface area contributed by atoms with Gasteiger partial charge in [0, 0.05) is 17.5 Å². The van der Waals surface area contributed by atoms with Gasteiger partial charge in [-0.3, -0.25) is 19.4 Å². The van der Waals surface area contributed by atoms with Crippen molar-refractivity contribution in [1.29, 1.82) is 0 Å². The Balaban J connectivity index is 1.95. The molecule has 0 N–H and O–H groups in total.